The molecule has 2 aromatic heterocycles. The van der Waals surface area contributed by atoms with E-state index in [1.807, 2.05) is 25.1 Å². The molecule has 7 heteroatoms. The van der Waals surface area contributed by atoms with Crippen molar-refractivity contribution in [1.82, 2.24) is 9.29 Å². The maximum atomic E-state index is 13.0. The molecule has 0 atom stereocenters. The van der Waals surface area contributed by atoms with Crippen molar-refractivity contribution in [1.29, 1.82) is 0 Å². The first-order valence-electron chi connectivity index (χ1n) is 9.35. The molecule has 29 heavy (non-hydrogen) atoms. The highest BCUT2D eigenvalue weighted by atomic mass is 32.2. The smallest absolute Gasteiger partial charge is 0.268 e. The number of nitrogens with one attached hydrogen (secondary N) is 1. The summed E-state index contributed by atoms with van der Waals surface area (Å²) in [6.07, 6.45) is 1.57. The van der Waals surface area contributed by atoms with Crippen molar-refractivity contribution in [3.63, 3.8) is 0 Å². The molecule has 6 nitrogen and oxygen atoms in total. The number of aryl methyl sites for hydroxylation is 1. The van der Waals surface area contributed by atoms with E-state index in [9.17, 15) is 8.42 Å². The van der Waals surface area contributed by atoms with Crippen molar-refractivity contribution in [2.45, 2.75) is 18.4 Å². The SMILES string of the molecule is Cc1ccc(CNCCOc2cccc3c2ccn3S(=O)(=O)c2ccccc2)o1. The molecule has 0 radical (unpaired) electrons. The topological polar surface area (TPSA) is 73.5 Å². The lowest BCUT2D eigenvalue weighted by Gasteiger charge is -2.10. The Hall–Kier alpha value is -3.03. The number of furan rings is 1. The van der Waals surface area contributed by atoms with Gasteiger partial charge in [-0.05, 0) is 49.4 Å². The van der Waals surface area contributed by atoms with Crippen LogP contribution < -0.4 is 10.1 Å². The van der Waals surface area contributed by atoms with Crippen LogP contribution in [0.4, 0.5) is 0 Å². The van der Waals surface area contributed by atoms with Gasteiger partial charge in [0.1, 0.15) is 23.9 Å². The largest absolute Gasteiger partial charge is 0.492 e. The summed E-state index contributed by atoms with van der Waals surface area (Å²) in [5.74, 6) is 2.42. The van der Waals surface area contributed by atoms with Gasteiger partial charge in [0.05, 0.1) is 17.0 Å². The Morgan fingerprint density at radius 1 is 1.00 bits per heavy atom. The molecular formula is C22H22N2O4S. The lowest BCUT2D eigenvalue weighted by molar-refractivity contribution is 0.314. The predicted molar refractivity (Wildman–Crippen MR) is 112 cm³/mol. The average molecular weight is 410 g/mol. The number of ether oxygens (including phenoxy) is 1. The molecule has 0 saturated carbocycles. The number of benzene rings is 2. The van der Waals surface area contributed by atoms with Crippen LogP contribution in [0.3, 0.4) is 0 Å². The molecule has 2 aromatic carbocycles. The van der Waals surface area contributed by atoms with Gasteiger partial charge >= 0.3 is 0 Å². The van der Waals surface area contributed by atoms with E-state index in [1.54, 1.807) is 54.7 Å². The van der Waals surface area contributed by atoms with Crippen LogP contribution >= 0.6 is 0 Å². The summed E-state index contributed by atoms with van der Waals surface area (Å²) in [4.78, 5) is 0.251. The molecular weight excluding hydrogens is 388 g/mol. The normalized spacial score (nSPS) is 11.8. The molecule has 0 saturated heterocycles. The zero-order chi connectivity index (χ0) is 20.3. The summed E-state index contributed by atoms with van der Waals surface area (Å²) in [6.45, 7) is 3.64. The van der Waals surface area contributed by atoms with Crippen molar-refractivity contribution in [2.24, 2.45) is 0 Å². The van der Waals surface area contributed by atoms with Crippen LogP contribution in [0.2, 0.25) is 0 Å². The maximum Gasteiger partial charge on any atom is 0.268 e. The van der Waals surface area contributed by atoms with Gasteiger partial charge in [0.15, 0.2) is 0 Å². The molecule has 0 aliphatic carbocycles. The molecule has 0 bridgehead atoms. The second kappa shape index (κ2) is 8.14. The Labute approximate surface area is 169 Å². The Kier molecular flexibility index (Phi) is 5.42. The molecule has 0 spiro atoms. The zero-order valence-corrected chi connectivity index (χ0v) is 16.9. The quantitative estimate of drug-likeness (QED) is 0.445. The summed E-state index contributed by atoms with van der Waals surface area (Å²) in [7, 11) is -3.66. The molecule has 1 N–H and O–H groups in total. The third-order valence-corrected chi connectivity index (χ3v) is 6.29. The van der Waals surface area contributed by atoms with E-state index >= 15 is 0 Å². The second-order valence-electron chi connectivity index (χ2n) is 6.66. The third kappa shape index (κ3) is 4.06. The number of fused-ring (bicyclic) bond motifs is 1. The average Bonchev–Trinajstić information content (AvgIpc) is 3.35. The number of hydrogen-bond acceptors (Lipinski definition) is 5. The van der Waals surface area contributed by atoms with Gasteiger partial charge in [0.25, 0.3) is 10.0 Å². The number of nitrogens with zero attached hydrogens (tertiary/aromatic N) is 1. The van der Waals surface area contributed by atoms with Gasteiger partial charge in [-0.15, -0.1) is 0 Å². The number of hydrogen-bond donors (Lipinski definition) is 1. The monoisotopic (exact) mass is 410 g/mol. The molecule has 0 aliphatic rings. The van der Waals surface area contributed by atoms with Crippen molar-refractivity contribution >= 4 is 20.9 Å². The van der Waals surface area contributed by atoms with Crippen LogP contribution in [0.25, 0.3) is 10.9 Å². The highest BCUT2D eigenvalue weighted by Crippen LogP contribution is 2.29. The van der Waals surface area contributed by atoms with Crippen LogP contribution in [0, 0.1) is 6.92 Å². The van der Waals surface area contributed by atoms with Crippen molar-refractivity contribution in [2.75, 3.05) is 13.2 Å². The van der Waals surface area contributed by atoms with E-state index in [2.05, 4.69) is 5.32 Å². The molecule has 4 aromatic rings. The van der Waals surface area contributed by atoms with Crippen molar-refractivity contribution < 1.29 is 17.6 Å². The maximum absolute atomic E-state index is 13.0. The number of rotatable bonds is 8. The van der Waals surface area contributed by atoms with E-state index in [-0.39, 0.29) is 4.90 Å². The van der Waals surface area contributed by atoms with Crippen LogP contribution in [0.5, 0.6) is 5.75 Å². The Balaban J connectivity index is 1.46. The van der Waals surface area contributed by atoms with E-state index in [4.69, 9.17) is 9.15 Å². The summed E-state index contributed by atoms with van der Waals surface area (Å²) in [6, 6.07) is 19.5. The van der Waals surface area contributed by atoms with E-state index in [0.717, 1.165) is 16.9 Å². The first-order valence-corrected chi connectivity index (χ1v) is 10.8. The van der Waals surface area contributed by atoms with Gasteiger partial charge in [-0.25, -0.2) is 12.4 Å². The fraction of sp³-hybridized carbons (Fsp3) is 0.182. The lowest BCUT2D eigenvalue weighted by atomic mass is 10.2. The summed E-state index contributed by atoms with van der Waals surface area (Å²) in [5.41, 5.74) is 0.588. The number of aromatic nitrogens is 1. The van der Waals surface area contributed by atoms with Crippen LogP contribution in [-0.4, -0.2) is 25.5 Å². The zero-order valence-electron chi connectivity index (χ0n) is 16.0. The second-order valence-corrected chi connectivity index (χ2v) is 8.47. The third-order valence-electron chi connectivity index (χ3n) is 4.59. The van der Waals surface area contributed by atoms with Gasteiger partial charge in [-0.3, -0.25) is 0 Å². The Morgan fingerprint density at radius 3 is 2.59 bits per heavy atom. The Bertz CT molecular complexity index is 1210. The summed E-state index contributed by atoms with van der Waals surface area (Å²) >= 11 is 0. The van der Waals surface area contributed by atoms with Crippen molar-refractivity contribution in [3.8, 4) is 5.75 Å². The summed E-state index contributed by atoms with van der Waals surface area (Å²) in [5, 5.41) is 4.02. The first-order chi connectivity index (χ1) is 14.1. The van der Waals surface area contributed by atoms with E-state index in [1.165, 1.54) is 3.97 Å². The fourth-order valence-corrected chi connectivity index (χ4v) is 4.55. The highest BCUT2D eigenvalue weighted by Gasteiger charge is 2.19. The standard InChI is InChI=1S/C22H22N2O4S/c1-17-10-11-18(28-17)16-23-13-15-27-22-9-5-8-21-20(22)12-14-24(21)29(25,26)19-6-3-2-4-7-19/h2-12,14,23H,13,15-16H2,1H3. The molecule has 150 valence electrons. The van der Waals surface area contributed by atoms with Gasteiger partial charge in [0, 0.05) is 18.1 Å². The summed E-state index contributed by atoms with van der Waals surface area (Å²) < 4.78 is 38.6. The molecule has 0 aliphatic heterocycles. The molecule has 2 heterocycles. The van der Waals surface area contributed by atoms with Gasteiger partial charge < -0.3 is 14.5 Å². The minimum Gasteiger partial charge on any atom is -0.492 e. The van der Waals surface area contributed by atoms with Gasteiger partial charge in [-0.1, -0.05) is 24.3 Å². The minimum atomic E-state index is -3.66. The van der Waals surface area contributed by atoms with Crippen LogP contribution in [-0.2, 0) is 16.6 Å². The fourth-order valence-electron chi connectivity index (χ4n) is 3.18. The van der Waals surface area contributed by atoms with Crippen molar-refractivity contribution in [3.05, 3.63) is 84.4 Å². The molecule has 0 amide bonds. The Morgan fingerprint density at radius 2 is 1.83 bits per heavy atom. The first kappa shape index (κ1) is 19.3. The highest BCUT2D eigenvalue weighted by molar-refractivity contribution is 7.90. The molecule has 0 unspecified atom stereocenters. The predicted octanol–water partition coefficient (Wildman–Crippen LogP) is 3.95. The van der Waals surface area contributed by atoms with E-state index in [0.29, 0.717) is 31.0 Å². The minimum absolute atomic E-state index is 0.251. The lowest BCUT2D eigenvalue weighted by Crippen LogP contribution is -2.20. The molecule has 4 rings (SSSR count). The van der Waals surface area contributed by atoms with E-state index < -0.39 is 10.0 Å². The van der Waals surface area contributed by atoms with Gasteiger partial charge in [0.2, 0.25) is 0 Å². The van der Waals surface area contributed by atoms with Crippen LogP contribution in [0.1, 0.15) is 11.5 Å². The van der Waals surface area contributed by atoms with Gasteiger partial charge in [-0.2, -0.15) is 0 Å². The van der Waals surface area contributed by atoms with Crippen LogP contribution in [0.15, 0.2) is 82.2 Å². The molecule has 0 fully saturated rings.